The lowest BCUT2D eigenvalue weighted by atomic mass is 10.0. The van der Waals surface area contributed by atoms with Gasteiger partial charge >= 0.3 is 0 Å². The highest BCUT2D eigenvalue weighted by Crippen LogP contribution is 2.26. The first-order valence-corrected chi connectivity index (χ1v) is 8.84. The van der Waals surface area contributed by atoms with Gasteiger partial charge in [0.2, 0.25) is 11.8 Å². The Hall–Kier alpha value is -1.38. The summed E-state index contributed by atoms with van der Waals surface area (Å²) >= 11 is 11.9. The van der Waals surface area contributed by atoms with Crippen molar-refractivity contribution in [3.05, 3.63) is 40.0 Å². The van der Waals surface area contributed by atoms with Gasteiger partial charge in [0, 0.05) is 5.69 Å². The van der Waals surface area contributed by atoms with Crippen molar-refractivity contribution in [1.82, 2.24) is 15.0 Å². The second-order valence-electron chi connectivity index (χ2n) is 5.91. The molecule has 3 rings (SSSR count). The number of nitrogens with two attached hydrogens (primary N) is 1. The first-order valence-electron chi connectivity index (χ1n) is 8.08. The van der Waals surface area contributed by atoms with Crippen LogP contribution in [0.5, 0.6) is 0 Å². The number of rotatable bonds is 5. The number of aromatic nitrogens is 2. The van der Waals surface area contributed by atoms with E-state index in [1.54, 1.807) is 18.2 Å². The van der Waals surface area contributed by atoms with Crippen LogP contribution in [0, 0.1) is 0 Å². The Bertz CT molecular complexity index is 755. The average molecular weight is 421 g/mol. The van der Waals surface area contributed by atoms with E-state index in [9.17, 15) is 4.79 Å². The number of benzene rings is 1. The first kappa shape index (κ1) is 20.9. The molecule has 1 saturated heterocycles. The normalized spacial score (nSPS) is 17.6. The molecule has 1 unspecified atom stereocenters. The highest BCUT2D eigenvalue weighted by atomic mass is 35.5. The minimum atomic E-state index is -0.261. The van der Waals surface area contributed by atoms with Crippen LogP contribution in [0.2, 0.25) is 10.0 Å². The summed E-state index contributed by atoms with van der Waals surface area (Å²) < 4.78 is 5.03. The molecule has 26 heavy (non-hydrogen) atoms. The molecule has 1 aromatic carbocycles. The van der Waals surface area contributed by atoms with Crippen LogP contribution >= 0.6 is 35.6 Å². The Balaban J connectivity index is 0.00000243. The van der Waals surface area contributed by atoms with Gasteiger partial charge in [-0.1, -0.05) is 34.8 Å². The van der Waals surface area contributed by atoms with Gasteiger partial charge in [0.15, 0.2) is 5.82 Å². The maximum Gasteiger partial charge on any atom is 0.241 e. The number of anilines is 1. The van der Waals surface area contributed by atoms with Crippen LogP contribution in [-0.4, -0.2) is 33.5 Å². The zero-order valence-corrected chi connectivity index (χ0v) is 16.3. The molecule has 1 atom stereocenters. The van der Waals surface area contributed by atoms with Crippen LogP contribution < -0.4 is 11.1 Å². The van der Waals surface area contributed by atoms with E-state index in [0.717, 1.165) is 25.8 Å². The van der Waals surface area contributed by atoms with Crippen LogP contribution in [-0.2, 0) is 17.9 Å². The third-order valence-electron chi connectivity index (χ3n) is 4.13. The molecular weight excluding hydrogens is 401 g/mol. The lowest BCUT2D eigenvalue weighted by Gasteiger charge is -2.33. The number of likely N-dealkylation sites (tertiary alicyclic amines) is 1. The first-order chi connectivity index (χ1) is 12.1. The predicted molar refractivity (Wildman–Crippen MR) is 103 cm³/mol. The number of nitrogens with zero attached hydrogens (tertiary/aromatic N) is 3. The lowest BCUT2D eigenvalue weighted by molar-refractivity contribution is -0.122. The van der Waals surface area contributed by atoms with Crippen LogP contribution in [0.15, 0.2) is 22.7 Å². The fraction of sp³-hybridized carbons (Fsp3) is 0.438. The van der Waals surface area contributed by atoms with Crippen molar-refractivity contribution in [2.45, 2.75) is 38.4 Å². The fourth-order valence-electron chi connectivity index (χ4n) is 2.90. The summed E-state index contributed by atoms with van der Waals surface area (Å²) in [6.45, 7) is 1.45. The Labute approximate surface area is 167 Å². The maximum atomic E-state index is 12.7. The third kappa shape index (κ3) is 5.08. The van der Waals surface area contributed by atoms with E-state index in [2.05, 4.69) is 20.4 Å². The second-order valence-corrected chi connectivity index (χ2v) is 6.72. The van der Waals surface area contributed by atoms with Crippen molar-refractivity contribution in [3.8, 4) is 0 Å². The molecule has 0 aliphatic carbocycles. The molecule has 0 bridgehead atoms. The summed E-state index contributed by atoms with van der Waals surface area (Å²) in [6, 6.07) is 4.77. The molecule has 7 nitrogen and oxygen atoms in total. The van der Waals surface area contributed by atoms with E-state index in [1.807, 2.05) is 0 Å². The smallest absolute Gasteiger partial charge is 0.241 e. The molecule has 1 amide bonds. The average Bonchev–Trinajstić information content (AvgIpc) is 3.06. The predicted octanol–water partition coefficient (Wildman–Crippen LogP) is 3.25. The van der Waals surface area contributed by atoms with E-state index < -0.39 is 0 Å². The van der Waals surface area contributed by atoms with E-state index >= 15 is 0 Å². The molecule has 10 heteroatoms. The van der Waals surface area contributed by atoms with Crippen LogP contribution in [0.25, 0.3) is 0 Å². The van der Waals surface area contributed by atoms with Crippen molar-refractivity contribution in [1.29, 1.82) is 0 Å². The third-order valence-corrected chi connectivity index (χ3v) is 4.87. The number of halogens is 3. The highest BCUT2D eigenvalue weighted by molar-refractivity contribution is 6.42. The SMILES string of the molecule is Cl.NCc1nc(CN2CCCCC2C(=O)Nc2ccc(Cl)c(Cl)c2)no1. The van der Waals surface area contributed by atoms with Gasteiger partial charge in [0.1, 0.15) is 0 Å². The summed E-state index contributed by atoms with van der Waals surface area (Å²) in [5.41, 5.74) is 6.11. The van der Waals surface area contributed by atoms with Gasteiger partial charge < -0.3 is 15.6 Å². The lowest BCUT2D eigenvalue weighted by Crippen LogP contribution is -2.46. The molecule has 1 fully saturated rings. The minimum absolute atomic E-state index is 0. The van der Waals surface area contributed by atoms with Gasteiger partial charge in [-0.25, -0.2) is 0 Å². The Kier molecular flexibility index (Phi) is 7.67. The van der Waals surface area contributed by atoms with Gasteiger partial charge in [0.25, 0.3) is 0 Å². The Morgan fingerprint density at radius 1 is 1.35 bits per heavy atom. The van der Waals surface area contributed by atoms with E-state index in [-0.39, 0.29) is 30.9 Å². The number of piperidine rings is 1. The molecule has 1 aliphatic heterocycles. The molecule has 0 spiro atoms. The molecule has 0 saturated carbocycles. The van der Waals surface area contributed by atoms with Crippen LogP contribution in [0.3, 0.4) is 0 Å². The van der Waals surface area contributed by atoms with Crippen molar-refractivity contribution < 1.29 is 9.32 Å². The zero-order chi connectivity index (χ0) is 17.8. The fourth-order valence-corrected chi connectivity index (χ4v) is 3.19. The molecule has 0 radical (unpaired) electrons. The number of amides is 1. The molecule has 3 N–H and O–H groups in total. The van der Waals surface area contributed by atoms with Gasteiger partial charge in [-0.2, -0.15) is 4.98 Å². The monoisotopic (exact) mass is 419 g/mol. The van der Waals surface area contributed by atoms with Gasteiger partial charge in [-0.3, -0.25) is 9.69 Å². The quantitative estimate of drug-likeness (QED) is 0.770. The summed E-state index contributed by atoms with van der Waals surface area (Å²) in [7, 11) is 0. The summed E-state index contributed by atoms with van der Waals surface area (Å²) in [5, 5.41) is 7.67. The standard InChI is InChI=1S/C16H19Cl2N5O2.ClH/c17-11-5-4-10(7-12(11)18)20-16(24)13-3-1-2-6-23(13)9-14-21-15(8-19)25-22-14;/h4-5,7,13H,1-3,6,8-9,19H2,(H,20,24);1H. The van der Waals surface area contributed by atoms with Crippen molar-refractivity contribution in [2.75, 3.05) is 11.9 Å². The minimum Gasteiger partial charge on any atom is -0.338 e. The van der Waals surface area contributed by atoms with Crippen molar-refractivity contribution in [3.63, 3.8) is 0 Å². The van der Waals surface area contributed by atoms with Gasteiger partial charge in [-0.15, -0.1) is 12.4 Å². The second kappa shape index (κ2) is 9.53. The number of hydrogen-bond acceptors (Lipinski definition) is 6. The Morgan fingerprint density at radius 3 is 2.85 bits per heavy atom. The Morgan fingerprint density at radius 2 is 2.15 bits per heavy atom. The summed E-state index contributed by atoms with van der Waals surface area (Å²) in [6.07, 6.45) is 2.79. The van der Waals surface area contributed by atoms with Crippen molar-refractivity contribution in [2.24, 2.45) is 5.73 Å². The summed E-state index contributed by atoms with van der Waals surface area (Å²) in [4.78, 5) is 19.0. The van der Waals surface area contributed by atoms with Crippen LogP contribution in [0.4, 0.5) is 5.69 Å². The summed E-state index contributed by atoms with van der Waals surface area (Å²) in [5.74, 6) is 0.846. The molecule has 2 aromatic rings. The van der Waals surface area contributed by atoms with Gasteiger partial charge in [-0.05, 0) is 37.6 Å². The molecule has 1 aromatic heterocycles. The zero-order valence-electron chi connectivity index (χ0n) is 14.0. The molecule has 142 valence electrons. The number of nitrogens with one attached hydrogen (secondary N) is 1. The van der Waals surface area contributed by atoms with E-state index in [0.29, 0.717) is 34.0 Å². The molecule has 1 aliphatic rings. The van der Waals surface area contributed by atoms with Crippen molar-refractivity contribution >= 4 is 47.2 Å². The molecule has 2 heterocycles. The molecular formula is C16H20Cl3N5O2. The maximum absolute atomic E-state index is 12.7. The number of carbonyl (C=O) groups excluding carboxylic acids is 1. The number of hydrogen-bond donors (Lipinski definition) is 2. The topological polar surface area (TPSA) is 97.3 Å². The van der Waals surface area contributed by atoms with E-state index in [4.69, 9.17) is 33.5 Å². The number of carbonyl (C=O) groups is 1. The largest absolute Gasteiger partial charge is 0.338 e. The van der Waals surface area contributed by atoms with E-state index in [1.165, 1.54) is 0 Å². The van der Waals surface area contributed by atoms with Gasteiger partial charge in [0.05, 0.1) is 29.2 Å². The highest BCUT2D eigenvalue weighted by Gasteiger charge is 2.29. The van der Waals surface area contributed by atoms with Crippen LogP contribution in [0.1, 0.15) is 31.0 Å².